The first-order valence-electron chi connectivity index (χ1n) is 10.5. The lowest BCUT2D eigenvalue weighted by atomic mass is 9.96. The van der Waals surface area contributed by atoms with Crippen LogP contribution in [0.5, 0.6) is 0 Å². The molecule has 34 heavy (non-hydrogen) atoms. The molecule has 0 aliphatic carbocycles. The smallest absolute Gasteiger partial charge is 0.337 e. The first-order valence-corrected chi connectivity index (χ1v) is 10.5. The molecule has 1 saturated heterocycles. The quantitative estimate of drug-likeness (QED) is 0.205. The fourth-order valence-corrected chi connectivity index (χ4v) is 4.27. The van der Waals surface area contributed by atoms with E-state index in [4.69, 9.17) is 9.15 Å². The Bertz CT molecular complexity index is 1450. The molecule has 1 aromatic heterocycles. The molecule has 1 aliphatic rings. The Morgan fingerprint density at radius 1 is 0.941 bits per heavy atom. The molecular weight excluding hydrogens is 434 g/mol. The van der Waals surface area contributed by atoms with E-state index < -0.39 is 23.7 Å². The highest BCUT2D eigenvalue weighted by Gasteiger charge is 2.48. The highest BCUT2D eigenvalue weighted by atomic mass is 16.5. The van der Waals surface area contributed by atoms with E-state index in [1.165, 1.54) is 30.4 Å². The Kier molecular flexibility index (Phi) is 5.22. The number of ether oxygens (including phenoxy) is 1. The van der Waals surface area contributed by atoms with E-state index in [1.54, 1.807) is 36.4 Å². The first-order chi connectivity index (χ1) is 16.5. The number of hydrogen-bond donors (Lipinski definition) is 1. The maximum absolute atomic E-state index is 13.2. The van der Waals surface area contributed by atoms with Gasteiger partial charge in [0.1, 0.15) is 17.6 Å². The number of nitrogens with zero attached hydrogens (tertiary/aromatic N) is 1. The predicted molar refractivity (Wildman–Crippen MR) is 125 cm³/mol. The van der Waals surface area contributed by atoms with Crippen LogP contribution in [0.2, 0.25) is 0 Å². The molecule has 1 unspecified atom stereocenters. The molecule has 1 aliphatic heterocycles. The number of aliphatic hydroxyl groups is 1. The summed E-state index contributed by atoms with van der Waals surface area (Å²) < 4.78 is 10.3. The molecule has 0 radical (unpaired) electrons. The van der Waals surface area contributed by atoms with Crippen LogP contribution < -0.4 is 4.90 Å². The summed E-state index contributed by atoms with van der Waals surface area (Å²) >= 11 is 0. The van der Waals surface area contributed by atoms with Gasteiger partial charge in [-0.15, -0.1) is 0 Å². The van der Waals surface area contributed by atoms with E-state index >= 15 is 0 Å². The lowest BCUT2D eigenvalue weighted by Gasteiger charge is -2.23. The number of Topliss-reactive ketones (excluding diaryl/α,β-unsaturated/α-hetero) is 1. The number of amides is 1. The van der Waals surface area contributed by atoms with Gasteiger partial charge >= 0.3 is 5.97 Å². The minimum Gasteiger partial charge on any atom is -0.507 e. The summed E-state index contributed by atoms with van der Waals surface area (Å²) in [6.07, 6.45) is 1.44. The SMILES string of the molecule is COC(=O)c1ccc(N2C(=O)C(=O)/C(=C(\O)c3cccc4ccccc34)C2c2ccco2)cc1. The summed E-state index contributed by atoms with van der Waals surface area (Å²) in [6.45, 7) is 0. The molecule has 0 bridgehead atoms. The van der Waals surface area contributed by atoms with Gasteiger partial charge in [-0.3, -0.25) is 14.5 Å². The van der Waals surface area contributed by atoms with E-state index in [9.17, 15) is 19.5 Å². The number of carbonyl (C=O) groups excluding carboxylic acids is 3. The van der Waals surface area contributed by atoms with E-state index in [0.717, 1.165) is 10.8 Å². The van der Waals surface area contributed by atoms with Gasteiger partial charge in [-0.1, -0.05) is 42.5 Å². The third kappa shape index (κ3) is 3.34. The Labute approximate surface area is 194 Å². The van der Waals surface area contributed by atoms with Crippen molar-refractivity contribution in [2.45, 2.75) is 6.04 Å². The van der Waals surface area contributed by atoms with Crippen molar-refractivity contribution in [3.8, 4) is 0 Å². The van der Waals surface area contributed by atoms with Crippen molar-refractivity contribution >= 4 is 39.9 Å². The molecule has 7 heteroatoms. The molecule has 1 fully saturated rings. The summed E-state index contributed by atoms with van der Waals surface area (Å²) in [5, 5.41) is 13.0. The molecule has 0 saturated carbocycles. The van der Waals surface area contributed by atoms with E-state index in [2.05, 4.69) is 0 Å². The lowest BCUT2D eigenvalue weighted by Crippen LogP contribution is -2.29. The Hall–Kier alpha value is -4.65. The van der Waals surface area contributed by atoms with Gasteiger partial charge in [0.25, 0.3) is 11.7 Å². The molecular formula is C27H19NO6. The van der Waals surface area contributed by atoms with Crippen molar-refractivity contribution in [3.05, 3.63) is 108 Å². The largest absolute Gasteiger partial charge is 0.507 e. The number of methoxy groups -OCH3 is 1. The summed E-state index contributed by atoms with van der Waals surface area (Å²) in [4.78, 5) is 39.5. The topological polar surface area (TPSA) is 97.0 Å². The van der Waals surface area contributed by atoms with E-state index in [0.29, 0.717) is 22.6 Å². The van der Waals surface area contributed by atoms with Crippen LogP contribution in [0, 0.1) is 0 Å². The van der Waals surface area contributed by atoms with Gasteiger partial charge in [0, 0.05) is 11.3 Å². The Morgan fingerprint density at radius 2 is 1.68 bits per heavy atom. The summed E-state index contributed by atoms with van der Waals surface area (Å²) in [5.41, 5.74) is 1.03. The number of fused-ring (bicyclic) bond motifs is 1. The Balaban J connectivity index is 1.69. The second-order valence-corrected chi connectivity index (χ2v) is 7.75. The third-order valence-corrected chi connectivity index (χ3v) is 5.87. The second-order valence-electron chi connectivity index (χ2n) is 7.75. The van der Waals surface area contributed by atoms with Crippen LogP contribution >= 0.6 is 0 Å². The summed E-state index contributed by atoms with van der Waals surface area (Å²) in [6, 6.07) is 21.2. The van der Waals surface area contributed by atoms with E-state index in [-0.39, 0.29) is 11.3 Å². The van der Waals surface area contributed by atoms with Crippen LogP contribution in [0.15, 0.2) is 95.1 Å². The van der Waals surface area contributed by atoms with Crippen LogP contribution in [0.3, 0.4) is 0 Å². The number of aliphatic hydroxyl groups excluding tert-OH is 1. The molecule has 168 valence electrons. The van der Waals surface area contributed by atoms with Crippen molar-refractivity contribution in [2.24, 2.45) is 0 Å². The van der Waals surface area contributed by atoms with Crippen molar-refractivity contribution in [1.29, 1.82) is 0 Å². The van der Waals surface area contributed by atoms with Gasteiger partial charge < -0.3 is 14.3 Å². The molecule has 5 rings (SSSR count). The zero-order valence-corrected chi connectivity index (χ0v) is 18.1. The molecule has 1 amide bonds. The highest BCUT2D eigenvalue weighted by Crippen LogP contribution is 2.43. The fraction of sp³-hybridized carbons (Fsp3) is 0.0741. The lowest BCUT2D eigenvalue weighted by molar-refractivity contribution is -0.132. The third-order valence-electron chi connectivity index (χ3n) is 5.87. The van der Waals surface area contributed by atoms with Gasteiger partial charge in [-0.2, -0.15) is 0 Å². The average Bonchev–Trinajstić information content (AvgIpc) is 3.50. The summed E-state index contributed by atoms with van der Waals surface area (Å²) in [5.74, 6) is -2.13. The molecule has 0 spiro atoms. The van der Waals surface area contributed by atoms with Crippen LogP contribution in [0.25, 0.3) is 16.5 Å². The van der Waals surface area contributed by atoms with Crippen molar-refractivity contribution < 1.29 is 28.6 Å². The molecule has 4 aromatic rings. The molecule has 1 N–H and O–H groups in total. The van der Waals surface area contributed by atoms with Gasteiger partial charge in [0.15, 0.2) is 0 Å². The van der Waals surface area contributed by atoms with Gasteiger partial charge in [-0.05, 0) is 47.2 Å². The van der Waals surface area contributed by atoms with Gasteiger partial charge in [0.05, 0.1) is 24.5 Å². The van der Waals surface area contributed by atoms with E-state index in [1.807, 2.05) is 30.3 Å². The van der Waals surface area contributed by atoms with Crippen molar-refractivity contribution in [2.75, 3.05) is 12.0 Å². The predicted octanol–water partition coefficient (Wildman–Crippen LogP) is 4.85. The standard InChI is InChI=1S/C27H19NO6/c1-33-27(32)17-11-13-18(14-12-17)28-23(21-10-5-15-34-21)22(25(30)26(28)31)24(29)20-9-4-7-16-6-2-3-8-19(16)20/h2-15,23,29H,1H3/b24-22-. The minimum absolute atomic E-state index is 0.0756. The number of hydrogen-bond acceptors (Lipinski definition) is 6. The van der Waals surface area contributed by atoms with Crippen molar-refractivity contribution in [1.82, 2.24) is 0 Å². The number of ketones is 1. The number of esters is 1. The summed E-state index contributed by atoms with van der Waals surface area (Å²) in [7, 11) is 1.28. The maximum Gasteiger partial charge on any atom is 0.337 e. The van der Waals surface area contributed by atoms with Crippen LogP contribution in [0.4, 0.5) is 5.69 Å². The Morgan fingerprint density at radius 3 is 2.38 bits per heavy atom. The molecule has 1 atom stereocenters. The first kappa shape index (κ1) is 21.2. The highest BCUT2D eigenvalue weighted by molar-refractivity contribution is 6.51. The molecule has 3 aromatic carbocycles. The van der Waals surface area contributed by atoms with Crippen LogP contribution in [-0.4, -0.2) is 29.9 Å². The molecule has 2 heterocycles. The molecule has 7 nitrogen and oxygen atoms in total. The maximum atomic E-state index is 13.2. The number of rotatable bonds is 4. The normalized spacial score (nSPS) is 17.3. The van der Waals surface area contributed by atoms with Crippen LogP contribution in [0.1, 0.15) is 27.7 Å². The van der Waals surface area contributed by atoms with Crippen LogP contribution in [-0.2, 0) is 14.3 Å². The number of furan rings is 1. The zero-order valence-electron chi connectivity index (χ0n) is 18.1. The van der Waals surface area contributed by atoms with Gasteiger partial charge in [-0.25, -0.2) is 4.79 Å². The number of benzene rings is 3. The minimum atomic E-state index is -0.988. The fourth-order valence-electron chi connectivity index (χ4n) is 4.27. The van der Waals surface area contributed by atoms with Crippen molar-refractivity contribution in [3.63, 3.8) is 0 Å². The average molecular weight is 453 g/mol. The number of carbonyl (C=O) groups is 3. The monoisotopic (exact) mass is 453 g/mol. The number of anilines is 1. The second kappa shape index (κ2) is 8.37. The zero-order chi connectivity index (χ0) is 23.8. The van der Waals surface area contributed by atoms with Gasteiger partial charge in [0.2, 0.25) is 0 Å².